The molecule has 1 amide bonds. The Bertz CT molecular complexity index is 743. The van der Waals surface area contributed by atoms with Crippen molar-refractivity contribution in [2.75, 3.05) is 51.2 Å². The van der Waals surface area contributed by atoms with E-state index in [1.54, 1.807) is 12.1 Å². The molecule has 3 aliphatic rings. The van der Waals surface area contributed by atoms with Gasteiger partial charge < -0.3 is 15.1 Å². The van der Waals surface area contributed by atoms with E-state index in [2.05, 4.69) is 27.1 Å². The summed E-state index contributed by atoms with van der Waals surface area (Å²) in [5.74, 6) is -0.219. The summed E-state index contributed by atoms with van der Waals surface area (Å²) < 4.78 is 0. The molecule has 8 heteroatoms. The molecule has 2 heterocycles. The molecule has 1 aromatic carbocycles. The zero-order valence-corrected chi connectivity index (χ0v) is 16.5. The maximum Gasteiger partial charge on any atom is 0.293 e. The normalized spacial score (nSPS) is 24.2. The zero-order valence-electron chi connectivity index (χ0n) is 16.5. The van der Waals surface area contributed by atoms with Crippen LogP contribution in [0.1, 0.15) is 36.0 Å². The fourth-order valence-corrected chi connectivity index (χ4v) is 4.34. The molecule has 1 N–H and O–H groups in total. The lowest BCUT2D eigenvalue weighted by Gasteiger charge is -2.43. The summed E-state index contributed by atoms with van der Waals surface area (Å²) in [5.41, 5.74) is 1.01. The van der Waals surface area contributed by atoms with Gasteiger partial charge in [0.25, 0.3) is 11.6 Å². The van der Waals surface area contributed by atoms with Crippen LogP contribution in [0, 0.1) is 10.1 Å². The molecule has 1 aromatic rings. The van der Waals surface area contributed by atoms with Gasteiger partial charge in [-0.05, 0) is 51.4 Å². The average molecular weight is 387 g/mol. The zero-order chi connectivity index (χ0) is 19.7. The second-order valence-electron chi connectivity index (χ2n) is 8.29. The number of piperazine rings is 1. The smallest absolute Gasteiger partial charge is 0.293 e. The van der Waals surface area contributed by atoms with Crippen LogP contribution in [-0.2, 0) is 0 Å². The van der Waals surface area contributed by atoms with Gasteiger partial charge in [0.1, 0.15) is 5.69 Å². The lowest BCUT2D eigenvalue weighted by Crippen LogP contribution is -2.54. The molecule has 0 radical (unpaired) electrons. The number of nitro groups is 1. The van der Waals surface area contributed by atoms with Crippen LogP contribution in [0.5, 0.6) is 0 Å². The number of benzene rings is 1. The SMILES string of the molecule is CN1CCCC(N2CCN(c3ccc(C(=O)NC4CC4)cc3[N+](=O)[O-])CC2)C1. The van der Waals surface area contributed by atoms with Gasteiger partial charge in [0, 0.05) is 56.4 Å². The molecule has 1 unspecified atom stereocenters. The summed E-state index contributed by atoms with van der Waals surface area (Å²) in [4.78, 5) is 30.5. The maximum atomic E-state index is 12.2. The van der Waals surface area contributed by atoms with Gasteiger partial charge in [-0.2, -0.15) is 0 Å². The van der Waals surface area contributed by atoms with Crippen molar-refractivity contribution in [2.24, 2.45) is 0 Å². The molecular weight excluding hydrogens is 358 g/mol. The summed E-state index contributed by atoms with van der Waals surface area (Å²) in [6.07, 6.45) is 4.45. The summed E-state index contributed by atoms with van der Waals surface area (Å²) >= 11 is 0. The van der Waals surface area contributed by atoms with Crippen molar-refractivity contribution in [3.05, 3.63) is 33.9 Å². The third-order valence-corrected chi connectivity index (χ3v) is 6.12. The van der Waals surface area contributed by atoms with Crippen LogP contribution in [0.25, 0.3) is 0 Å². The van der Waals surface area contributed by atoms with E-state index < -0.39 is 0 Å². The molecule has 8 nitrogen and oxygen atoms in total. The van der Waals surface area contributed by atoms with Gasteiger partial charge >= 0.3 is 0 Å². The summed E-state index contributed by atoms with van der Waals surface area (Å²) in [5, 5.41) is 14.5. The molecule has 2 saturated heterocycles. The number of hydrogen-bond acceptors (Lipinski definition) is 6. The van der Waals surface area contributed by atoms with Crippen molar-refractivity contribution in [3.8, 4) is 0 Å². The molecule has 1 atom stereocenters. The number of hydrogen-bond donors (Lipinski definition) is 1. The number of nitro benzene ring substituents is 1. The largest absolute Gasteiger partial charge is 0.363 e. The van der Waals surface area contributed by atoms with E-state index in [0.717, 1.165) is 45.6 Å². The van der Waals surface area contributed by atoms with Gasteiger partial charge in [-0.1, -0.05) is 0 Å². The van der Waals surface area contributed by atoms with Crippen molar-refractivity contribution in [1.82, 2.24) is 15.1 Å². The summed E-state index contributed by atoms with van der Waals surface area (Å²) in [6, 6.07) is 5.70. The third kappa shape index (κ3) is 4.28. The topological polar surface area (TPSA) is 82.0 Å². The molecule has 0 bridgehead atoms. The Hall–Kier alpha value is -2.19. The molecule has 2 aliphatic heterocycles. The van der Waals surface area contributed by atoms with Crippen LogP contribution < -0.4 is 10.2 Å². The van der Waals surface area contributed by atoms with E-state index in [1.165, 1.54) is 25.5 Å². The number of carbonyl (C=O) groups excluding carboxylic acids is 1. The fraction of sp³-hybridized carbons (Fsp3) is 0.650. The van der Waals surface area contributed by atoms with Crippen LogP contribution >= 0.6 is 0 Å². The third-order valence-electron chi connectivity index (χ3n) is 6.12. The Balaban J connectivity index is 1.43. The molecule has 1 aliphatic carbocycles. The minimum Gasteiger partial charge on any atom is -0.363 e. The Morgan fingerprint density at radius 3 is 2.54 bits per heavy atom. The van der Waals surface area contributed by atoms with E-state index in [0.29, 0.717) is 17.3 Å². The predicted octanol–water partition coefficient (Wildman–Crippen LogP) is 1.70. The lowest BCUT2D eigenvalue weighted by atomic mass is 10.0. The number of amides is 1. The van der Waals surface area contributed by atoms with Crippen LogP contribution in [-0.4, -0.2) is 79.0 Å². The Kier molecular flexibility index (Phi) is 5.50. The number of rotatable bonds is 5. The van der Waals surface area contributed by atoms with E-state index in [9.17, 15) is 14.9 Å². The van der Waals surface area contributed by atoms with Crippen molar-refractivity contribution >= 4 is 17.3 Å². The first-order valence-electron chi connectivity index (χ1n) is 10.3. The van der Waals surface area contributed by atoms with Gasteiger partial charge in [-0.3, -0.25) is 19.8 Å². The standard InChI is InChI=1S/C20H29N5O3/c1-22-8-2-3-17(14-22)23-9-11-24(12-10-23)18-7-4-15(13-19(18)25(27)28)20(26)21-16-5-6-16/h4,7,13,16-17H,2-3,5-6,8-12,14H2,1H3,(H,21,26). The minimum atomic E-state index is -0.369. The van der Waals surface area contributed by atoms with E-state index in [4.69, 9.17) is 0 Å². The number of nitrogens with one attached hydrogen (secondary N) is 1. The fourth-order valence-electron chi connectivity index (χ4n) is 4.34. The Morgan fingerprint density at radius 1 is 1.14 bits per heavy atom. The second kappa shape index (κ2) is 8.05. The highest BCUT2D eigenvalue weighted by Gasteiger charge is 2.30. The van der Waals surface area contributed by atoms with Crippen molar-refractivity contribution in [3.63, 3.8) is 0 Å². The van der Waals surface area contributed by atoms with Crippen LogP contribution in [0.2, 0.25) is 0 Å². The number of likely N-dealkylation sites (N-methyl/N-ethyl adjacent to an activating group) is 1. The Labute approximate surface area is 165 Å². The highest BCUT2D eigenvalue weighted by atomic mass is 16.6. The maximum absolute atomic E-state index is 12.2. The lowest BCUT2D eigenvalue weighted by molar-refractivity contribution is -0.384. The molecule has 28 heavy (non-hydrogen) atoms. The molecule has 4 rings (SSSR count). The first kappa shape index (κ1) is 19.1. The van der Waals surface area contributed by atoms with Gasteiger partial charge in [-0.25, -0.2) is 0 Å². The predicted molar refractivity (Wildman–Crippen MR) is 108 cm³/mol. The first-order valence-corrected chi connectivity index (χ1v) is 10.3. The number of piperidine rings is 1. The molecule has 152 valence electrons. The van der Waals surface area contributed by atoms with Crippen molar-refractivity contribution < 1.29 is 9.72 Å². The quantitative estimate of drug-likeness (QED) is 0.612. The molecular formula is C20H29N5O3. The van der Waals surface area contributed by atoms with Gasteiger partial charge in [0.15, 0.2) is 0 Å². The van der Waals surface area contributed by atoms with E-state index in [1.807, 2.05) is 0 Å². The van der Waals surface area contributed by atoms with Crippen LogP contribution in [0.4, 0.5) is 11.4 Å². The van der Waals surface area contributed by atoms with Crippen LogP contribution in [0.3, 0.4) is 0 Å². The molecule has 0 aromatic heterocycles. The highest BCUT2D eigenvalue weighted by molar-refractivity contribution is 5.96. The number of nitrogens with zero attached hydrogens (tertiary/aromatic N) is 4. The average Bonchev–Trinajstić information content (AvgIpc) is 3.51. The highest BCUT2D eigenvalue weighted by Crippen LogP contribution is 2.31. The molecule has 0 spiro atoms. The van der Waals surface area contributed by atoms with Gasteiger partial charge in [0.05, 0.1) is 4.92 Å². The van der Waals surface area contributed by atoms with Crippen LogP contribution in [0.15, 0.2) is 18.2 Å². The second-order valence-corrected chi connectivity index (χ2v) is 8.29. The molecule has 1 saturated carbocycles. The van der Waals surface area contributed by atoms with E-state index >= 15 is 0 Å². The Morgan fingerprint density at radius 2 is 1.89 bits per heavy atom. The summed E-state index contributed by atoms with van der Waals surface area (Å²) in [6.45, 7) is 5.65. The van der Waals surface area contributed by atoms with Crippen molar-refractivity contribution in [1.29, 1.82) is 0 Å². The molecule has 3 fully saturated rings. The monoisotopic (exact) mass is 387 g/mol. The number of carbonyl (C=O) groups is 1. The van der Waals surface area contributed by atoms with Gasteiger partial charge in [0.2, 0.25) is 0 Å². The van der Waals surface area contributed by atoms with E-state index in [-0.39, 0.29) is 22.6 Å². The number of anilines is 1. The van der Waals surface area contributed by atoms with Gasteiger partial charge in [-0.15, -0.1) is 0 Å². The first-order chi connectivity index (χ1) is 13.5. The minimum absolute atomic E-state index is 0.0225. The summed E-state index contributed by atoms with van der Waals surface area (Å²) in [7, 11) is 2.17. The number of likely N-dealkylation sites (tertiary alicyclic amines) is 1. The van der Waals surface area contributed by atoms with Crippen molar-refractivity contribution in [2.45, 2.75) is 37.8 Å².